The molecule has 0 unspecified atom stereocenters. The fraction of sp³-hybridized carbons (Fsp3) is 0.700. The number of rotatable bonds is 12. The van der Waals surface area contributed by atoms with Crippen LogP contribution >= 0.6 is 0 Å². The first kappa shape index (κ1) is 31.7. The SMILES string of the molecule is COc1ccc(S(=O)(=O)N(CCO)CCO[C@@H]2C[C@H](C(C)C)C=C(C(=O)N3CCC(N4CCCCC4)CC3)O2)cc1. The van der Waals surface area contributed by atoms with Crippen LogP contribution in [0, 0.1) is 11.8 Å². The van der Waals surface area contributed by atoms with Crippen molar-refractivity contribution >= 4 is 15.9 Å². The number of carbonyl (C=O) groups is 1. The van der Waals surface area contributed by atoms with Gasteiger partial charge in [0, 0.05) is 38.6 Å². The highest BCUT2D eigenvalue weighted by Gasteiger charge is 2.34. The predicted octanol–water partition coefficient (Wildman–Crippen LogP) is 3.07. The van der Waals surface area contributed by atoms with Crippen molar-refractivity contribution in [1.29, 1.82) is 0 Å². The van der Waals surface area contributed by atoms with Gasteiger partial charge in [-0.3, -0.25) is 4.79 Å². The van der Waals surface area contributed by atoms with Crippen LogP contribution in [0.4, 0.5) is 0 Å². The van der Waals surface area contributed by atoms with Crippen LogP contribution in [0.25, 0.3) is 0 Å². The highest BCUT2D eigenvalue weighted by molar-refractivity contribution is 7.89. The molecule has 11 heteroatoms. The molecule has 2 atom stereocenters. The minimum absolute atomic E-state index is 0.0398. The Labute approximate surface area is 245 Å². The molecule has 0 aliphatic carbocycles. The largest absolute Gasteiger partial charge is 0.497 e. The summed E-state index contributed by atoms with van der Waals surface area (Å²) in [5, 5.41) is 9.54. The van der Waals surface area contributed by atoms with Crippen molar-refractivity contribution < 1.29 is 32.5 Å². The molecule has 2 saturated heterocycles. The number of likely N-dealkylation sites (tertiary alicyclic amines) is 2. The zero-order valence-corrected chi connectivity index (χ0v) is 25.6. The molecule has 3 heterocycles. The van der Waals surface area contributed by atoms with Crippen LogP contribution in [-0.2, 0) is 24.3 Å². The Bertz CT molecular complexity index is 1110. The Morgan fingerprint density at radius 3 is 2.37 bits per heavy atom. The molecular formula is C30H47N3O7S. The van der Waals surface area contributed by atoms with Gasteiger partial charge in [0.05, 0.1) is 25.2 Å². The van der Waals surface area contributed by atoms with Crippen molar-refractivity contribution in [1.82, 2.24) is 14.1 Å². The van der Waals surface area contributed by atoms with Crippen LogP contribution in [0.15, 0.2) is 41.0 Å². The second-order valence-corrected chi connectivity index (χ2v) is 13.5. The van der Waals surface area contributed by atoms with Gasteiger partial charge in [0.25, 0.3) is 5.91 Å². The smallest absolute Gasteiger partial charge is 0.288 e. The first-order valence-corrected chi connectivity index (χ1v) is 16.5. The number of carbonyl (C=O) groups excluding carboxylic acids is 1. The maximum atomic E-state index is 13.5. The summed E-state index contributed by atoms with van der Waals surface area (Å²) in [5.41, 5.74) is 0. The lowest BCUT2D eigenvalue weighted by Gasteiger charge is -2.41. The third-order valence-electron chi connectivity index (χ3n) is 8.51. The molecule has 0 saturated carbocycles. The quantitative estimate of drug-likeness (QED) is 0.394. The van der Waals surface area contributed by atoms with Crippen molar-refractivity contribution in [3.63, 3.8) is 0 Å². The Balaban J connectivity index is 1.34. The van der Waals surface area contributed by atoms with E-state index in [0.29, 0.717) is 29.9 Å². The zero-order valence-electron chi connectivity index (χ0n) is 24.7. The number of allylic oxidation sites excluding steroid dienone is 1. The molecular weight excluding hydrogens is 546 g/mol. The van der Waals surface area contributed by atoms with Gasteiger partial charge < -0.3 is 29.1 Å². The molecule has 1 aromatic rings. The van der Waals surface area contributed by atoms with Crippen LogP contribution in [0.1, 0.15) is 52.4 Å². The highest BCUT2D eigenvalue weighted by Crippen LogP contribution is 2.31. The summed E-state index contributed by atoms with van der Waals surface area (Å²) in [6.07, 6.45) is 7.68. The summed E-state index contributed by atoms with van der Waals surface area (Å²) in [5.74, 6) is 1.19. The number of hydrogen-bond donors (Lipinski definition) is 1. The Kier molecular flexibility index (Phi) is 11.5. The van der Waals surface area contributed by atoms with Gasteiger partial charge in [0.15, 0.2) is 5.76 Å². The standard InChI is InChI=1S/C30H47N3O7S/c1-23(2)24-21-28(30(35)32-15-11-25(12-16-32)31-13-5-4-6-14-31)40-29(22-24)39-20-18-33(17-19-34)41(36,37)27-9-7-26(38-3)8-10-27/h7-10,21,23-25,29,34H,4-6,11-20,22H2,1-3H3/t24-,29+/m1/s1. The molecule has 0 aromatic heterocycles. The van der Waals surface area contributed by atoms with Gasteiger partial charge in [0.2, 0.25) is 16.3 Å². The minimum atomic E-state index is -3.85. The van der Waals surface area contributed by atoms with Crippen LogP contribution in [0.3, 0.4) is 0 Å². The summed E-state index contributed by atoms with van der Waals surface area (Å²) in [4.78, 5) is 18.1. The average Bonchev–Trinajstić information content (AvgIpc) is 3.00. The van der Waals surface area contributed by atoms with Gasteiger partial charge in [-0.1, -0.05) is 20.3 Å². The summed E-state index contributed by atoms with van der Waals surface area (Å²) >= 11 is 0. The lowest BCUT2D eigenvalue weighted by atomic mass is 9.90. The van der Waals surface area contributed by atoms with E-state index in [1.165, 1.54) is 55.9 Å². The average molecular weight is 594 g/mol. The first-order valence-electron chi connectivity index (χ1n) is 15.0. The van der Waals surface area contributed by atoms with Crippen molar-refractivity contribution in [2.24, 2.45) is 11.8 Å². The Hall–Kier alpha value is -2.18. The molecule has 1 N–H and O–H groups in total. The Morgan fingerprint density at radius 2 is 1.76 bits per heavy atom. The normalized spacial score (nSPS) is 23.0. The summed E-state index contributed by atoms with van der Waals surface area (Å²) in [7, 11) is -2.33. The van der Waals surface area contributed by atoms with Gasteiger partial charge >= 0.3 is 0 Å². The van der Waals surface area contributed by atoms with Crippen LogP contribution in [0.5, 0.6) is 5.75 Å². The fourth-order valence-electron chi connectivity index (χ4n) is 5.92. The third kappa shape index (κ3) is 8.22. The molecule has 41 heavy (non-hydrogen) atoms. The molecule has 4 rings (SSSR count). The van der Waals surface area contributed by atoms with Crippen molar-refractivity contribution in [2.75, 3.05) is 59.6 Å². The second-order valence-electron chi connectivity index (χ2n) is 11.5. The number of nitrogens with zero attached hydrogens (tertiary/aromatic N) is 3. The number of benzene rings is 1. The number of hydrogen-bond acceptors (Lipinski definition) is 8. The van der Waals surface area contributed by atoms with E-state index in [9.17, 15) is 18.3 Å². The number of piperidine rings is 2. The summed E-state index contributed by atoms with van der Waals surface area (Å²) in [6.45, 7) is 7.72. The number of amides is 1. The van der Waals surface area contributed by atoms with Gasteiger partial charge in [-0.2, -0.15) is 4.31 Å². The highest BCUT2D eigenvalue weighted by atomic mass is 32.2. The molecule has 0 radical (unpaired) electrons. The Morgan fingerprint density at radius 1 is 1.07 bits per heavy atom. The molecule has 3 aliphatic rings. The van der Waals surface area contributed by atoms with E-state index >= 15 is 0 Å². The van der Waals surface area contributed by atoms with E-state index in [1.807, 2.05) is 11.0 Å². The molecule has 2 fully saturated rings. The summed E-state index contributed by atoms with van der Waals surface area (Å²) < 4.78 is 44.8. The number of sulfonamides is 1. The topological polar surface area (TPSA) is 109 Å². The minimum Gasteiger partial charge on any atom is -0.497 e. The fourth-order valence-corrected chi connectivity index (χ4v) is 7.34. The number of aliphatic hydroxyl groups excluding tert-OH is 1. The van der Waals surface area contributed by atoms with Crippen molar-refractivity contribution in [3.8, 4) is 5.75 Å². The van der Waals surface area contributed by atoms with E-state index in [2.05, 4.69) is 18.7 Å². The van der Waals surface area contributed by atoms with E-state index in [-0.39, 0.29) is 43.0 Å². The van der Waals surface area contributed by atoms with Gasteiger partial charge in [0.1, 0.15) is 5.75 Å². The third-order valence-corrected chi connectivity index (χ3v) is 10.4. The molecule has 1 aromatic carbocycles. The van der Waals surface area contributed by atoms with Gasteiger partial charge in [-0.25, -0.2) is 8.42 Å². The predicted molar refractivity (Wildman–Crippen MR) is 156 cm³/mol. The monoisotopic (exact) mass is 593 g/mol. The number of methoxy groups -OCH3 is 1. The maximum Gasteiger partial charge on any atom is 0.288 e. The van der Waals surface area contributed by atoms with Crippen LogP contribution in [0.2, 0.25) is 0 Å². The molecule has 230 valence electrons. The molecule has 0 spiro atoms. The molecule has 0 bridgehead atoms. The first-order chi connectivity index (χ1) is 19.7. The van der Waals surface area contributed by atoms with Gasteiger partial charge in [-0.15, -0.1) is 0 Å². The van der Waals surface area contributed by atoms with Crippen molar-refractivity contribution in [3.05, 3.63) is 36.1 Å². The maximum absolute atomic E-state index is 13.5. The van der Waals surface area contributed by atoms with Crippen LogP contribution < -0.4 is 4.74 Å². The second kappa shape index (κ2) is 14.8. The van der Waals surface area contributed by atoms with E-state index in [0.717, 1.165) is 25.9 Å². The molecule has 3 aliphatic heterocycles. The van der Waals surface area contributed by atoms with Crippen molar-refractivity contribution in [2.45, 2.75) is 69.6 Å². The molecule has 1 amide bonds. The summed E-state index contributed by atoms with van der Waals surface area (Å²) in [6, 6.07) is 6.69. The van der Waals surface area contributed by atoms with Crippen LogP contribution in [-0.4, -0.2) is 105 Å². The lowest BCUT2D eigenvalue weighted by Crippen LogP contribution is -2.49. The number of ether oxygens (including phenoxy) is 3. The lowest BCUT2D eigenvalue weighted by molar-refractivity contribution is -0.157. The van der Waals surface area contributed by atoms with E-state index in [4.69, 9.17) is 14.2 Å². The van der Waals surface area contributed by atoms with Gasteiger partial charge in [-0.05, 0) is 81.0 Å². The van der Waals surface area contributed by atoms with E-state index < -0.39 is 16.3 Å². The van der Waals surface area contributed by atoms with E-state index in [1.54, 1.807) is 12.1 Å². The zero-order chi connectivity index (χ0) is 29.4. The molecule has 10 nitrogen and oxygen atoms in total. The number of aliphatic hydroxyl groups is 1.